The van der Waals surface area contributed by atoms with E-state index in [-0.39, 0.29) is 18.0 Å². The number of aryl methyl sites for hydroxylation is 2. The number of hydrogen-bond acceptors (Lipinski definition) is 3. The summed E-state index contributed by atoms with van der Waals surface area (Å²) in [6, 6.07) is 0. The van der Waals surface area contributed by atoms with Crippen molar-refractivity contribution in [1.29, 1.82) is 0 Å². The highest BCUT2D eigenvalue weighted by Crippen LogP contribution is 1.91. The van der Waals surface area contributed by atoms with Gasteiger partial charge >= 0.3 is 5.69 Å². The summed E-state index contributed by atoms with van der Waals surface area (Å²) in [5.41, 5.74) is -0.138. The summed E-state index contributed by atoms with van der Waals surface area (Å²) in [5.74, 6) is 0.00302. The van der Waals surface area contributed by atoms with Crippen LogP contribution in [0.4, 0.5) is 0 Å². The van der Waals surface area contributed by atoms with Gasteiger partial charge in [0.1, 0.15) is 9.84 Å². The van der Waals surface area contributed by atoms with E-state index in [1.807, 2.05) is 6.92 Å². The Morgan fingerprint density at radius 1 is 1.20 bits per heavy atom. The Morgan fingerprint density at radius 2 is 1.73 bits per heavy atom. The highest BCUT2D eigenvalue weighted by molar-refractivity contribution is 7.90. The average molecular weight is 232 g/mol. The van der Waals surface area contributed by atoms with Crippen LogP contribution >= 0.6 is 0 Å². The van der Waals surface area contributed by atoms with Crippen molar-refractivity contribution in [2.24, 2.45) is 0 Å². The molecule has 0 saturated carbocycles. The maximum atomic E-state index is 11.6. The molecule has 0 aliphatic heterocycles. The number of hydrogen-bond donors (Lipinski definition) is 0. The fraction of sp³-hybridized carbons (Fsp3) is 0.667. The van der Waals surface area contributed by atoms with Crippen molar-refractivity contribution in [3.8, 4) is 0 Å². The SMILES string of the molecule is CCCn1ccn(CCS(C)(=O)=O)c1=O. The number of aromatic nitrogens is 2. The van der Waals surface area contributed by atoms with Gasteiger partial charge in [0.05, 0.1) is 5.75 Å². The molecule has 0 amide bonds. The molecule has 0 atom stereocenters. The van der Waals surface area contributed by atoms with Gasteiger partial charge in [0.25, 0.3) is 0 Å². The van der Waals surface area contributed by atoms with Crippen molar-refractivity contribution in [2.45, 2.75) is 26.4 Å². The van der Waals surface area contributed by atoms with Crippen LogP contribution in [-0.4, -0.2) is 29.6 Å². The van der Waals surface area contributed by atoms with Crippen LogP contribution in [0.2, 0.25) is 0 Å². The van der Waals surface area contributed by atoms with Crippen LogP contribution in [0.1, 0.15) is 13.3 Å². The monoisotopic (exact) mass is 232 g/mol. The van der Waals surface area contributed by atoms with Crippen LogP contribution in [0.25, 0.3) is 0 Å². The first-order valence-electron chi connectivity index (χ1n) is 4.87. The van der Waals surface area contributed by atoms with E-state index < -0.39 is 9.84 Å². The van der Waals surface area contributed by atoms with Crippen molar-refractivity contribution in [3.05, 3.63) is 22.9 Å². The Hall–Kier alpha value is -1.04. The lowest BCUT2D eigenvalue weighted by molar-refractivity contribution is 0.586. The summed E-state index contributed by atoms with van der Waals surface area (Å²) >= 11 is 0. The van der Waals surface area contributed by atoms with Crippen molar-refractivity contribution >= 4 is 9.84 Å². The number of rotatable bonds is 5. The van der Waals surface area contributed by atoms with Gasteiger partial charge in [0, 0.05) is 31.7 Å². The summed E-state index contributed by atoms with van der Waals surface area (Å²) in [6.45, 7) is 2.89. The minimum absolute atomic E-state index is 0.00302. The first-order valence-corrected chi connectivity index (χ1v) is 6.93. The van der Waals surface area contributed by atoms with E-state index in [2.05, 4.69) is 0 Å². The Morgan fingerprint density at radius 3 is 2.20 bits per heavy atom. The Balaban J connectivity index is 2.75. The normalized spacial score (nSPS) is 11.9. The molecule has 0 aliphatic carbocycles. The van der Waals surface area contributed by atoms with E-state index >= 15 is 0 Å². The van der Waals surface area contributed by atoms with Crippen LogP contribution in [0.15, 0.2) is 17.2 Å². The van der Waals surface area contributed by atoms with Crippen molar-refractivity contribution in [3.63, 3.8) is 0 Å². The van der Waals surface area contributed by atoms with Gasteiger partial charge in [-0.25, -0.2) is 13.2 Å². The molecule has 1 rings (SSSR count). The first-order chi connectivity index (χ1) is 6.94. The van der Waals surface area contributed by atoms with Gasteiger partial charge in [-0.2, -0.15) is 0 Å². The summed E-state index contributed by atoms with van der Waals surface area (Å²) < 4.78 is 24.9. The van der Waals surface area contributed by atoms with Crippen LogP contribution in [0.3, 0.4) is 0 Å². The zero-order valence-electron chi connectivity index (χ0n) is 9.01. The molecule has 0 fully saturated rings. The van der Waals surface area contributed by atoms with E-state index in [4.69, 9.17) is 0 Å². The van der Waals surface area contributed by atoms with Gasteiger partial charge in [0.2, 0.25) is 0 Å². The third-order valence-electron chi connectivity index (χ3n) is 2.09. The first kappa shape index (κ1) is 12.0. The van der Waals surface area contributed by atoms with E-state index in [0.29, 0.717) is 6.54 Å². The van der Waals surface area contributed by atoms with E-state index in [9.17, 15) is 13.2 Å². The lowest BCUT2D eigenvalue weighted by Gasteiger charge is -2.00. The predicted molar refractivity (Wildman–Crippen MR) is 58.7 cm³/mol. The lowest BCUT2D eigenvalue weighted by atomic mass is 10.5. The van der Waals surface area contributed by atoms with Gasteiger partial charge in [-0.15, -0.1) is 0 Å². The molecule has 0 unspecified atom stereocenters. The van der Waals surface area contributed by atoms with Gasteiger partial charge < -0.3 is 0 Å². The fourth-order valence-electron chi connectivity index (χ4n) is 1.30. The average Bonchev–Trinajstić information content (AvgIpc) is 2.45. The predicted octanol–water partition coefficient (Wildman–Crippen LogP) is 0.104. The summed E-state index contributed by atoms with van der Waals surface area (Å²) in [4.78, 5) is 11.6. The van der Waals surface area contributed by atoms with E-state index in [1.54, 1.807) is 17.0 Å². The van der Waals surface area contributed by atoms with Gasteiger partial charge in [-0.3, -0.25) is 9.13 Å². The molecule has 1 heterocycles. The Bertz CT molecular complexity index is 470. The van der Waals surface area contributed by atoms with Gasteiger partial charge in [-0.1, -0.05) is 6.92 Å². The molecule has 0 spiro atoms. The molecule has 1 aromatic heterocycles. The molecule has 0 bridgehead atoms. The summed E-state index contributed by atoms with van der Waals surface area (Å²) in [5, 5.41) is 0. The minimum atomic E-state index is -3.01. The van der Waals surface area contributed by atoms with Gasteiger partial charge in [-0.05, 0) is 6.42 Å². The molecule has 15 heavy (non-hydrogen) atoms. The quantitative estimate of drug-likeness (QED) is 0.723. The standard InChI is InChI=1S/C9H16N2O3S/c1-3-4-10-5-6-11(9(10)12)7-8-15(2,13)14/h5-6H,3-4,7-8H2,1-2H3. The third-order valence-corrected chi connectivity index (χ3v) is 3.01. The topological polar surface area (TPSA) is 61.1 Å². The summed E-state index contributed by atoms with van der Waals surface area (Å²) in [7, 11) is -3.01. The molecule has 0 radical (unpaired) electrons. The molecule has 0 saturated heterocycles. The molecule has 6 heteroatoms. The van der Waals surface area contributed by atoms with Crippen molar-refractivity contribution in [2.75, 3.05) is 12.0 Å². The molecule has 5 nitrogen and oxygen atoms in total. The zero-order valence-corrected chi connectivity index (χ0v) is 9.83. The van der Waals surface area contributed by atoms with Crippen LogP contribution in [-0.2, 0) is 22.9 Å². The second-order valence-corrected chi connectivity index (χ2v) is 5.86. The maximum absolute atomic E-state index is 11.6. The number of imidazole rings is 1. The second kappa shape index (κ2) is 4.65. The van der Waals surface area contributed by atoms with Gasteiger partial charge in [0.15, 0.2) is 0 Å². The molecule has 0 aliphatic rings. The largest absolute Gasteiger partial charge is 0.328 e. The molecule has 86 valence electrons. The maximum Gasteiger partial charge on any atom is 0.328 e. The van der Waals surface area contributed by atoms with Crippen LogP contribution in [0.5, 0.6) is 0 Å². The third kappa shape index (κ3) is 3.54. The highest BCUT2D eigenvalue weighted by atomic mass is 32.2. The molecule has 0 aromatic carbocycles. The Labute approximate surface area is 89.3 Å². The molecular formula is C9H16N2O3S. The second-order valence-electron chi connectivity index (χ2n) is 3.60. The van der Waals surface area contributed by atoms with E-state index in [1.165, 1.54) is 10.8 Å². The van der Waals surface area contributed by atoms with Crippen molar-refractivity contribution in [1.82, 2.24) is 9.13 Å². The molecule has 0 N–H and O–H groups in total. The molecule has 1 aromatic rings. The number of sulfone groups is 1. The van der Waals surface area contributed by atoms with E-state index in [0.717, 1.165) is 6.42 Å². The fourth-order valence-corrected chi connectivity index (χ4v) is 1.83. The lowest BCUT2D eigenvalue weighted by Crippen LogP contribution is -2.26. The van der Waals surface area contributed by atoms with Crippen LogP contribution < -0.4 is 5.69 Å². The smallest absolute Gasteiger partial charge is 0.299 e. The highest BCUT2D eigenvalue weighted by Gasteiger charge is 2.06. The molecular weight excluding hydrogens is 216 g/mol. The van der Waals surface area contributed by atoms with Crippen molar-refractivity contribution < 1.29 is 8.42 Å². The Kier molecular flexibility index (Phi) is 3.73. The minimum Gasteiger partial charge on any atom is -0.299 e. The van der Waals surface area contributed by atoms with Crippen LogP contribution in [0, 0.1) is 0 Å². The summed E-state index contributed by atoms with van der Waals surface area (Å²) in [6.07, 6.45) is 5.37. The number of nitrogens with zero attached hydrogens (tertiary/aromatic N) is 2. The zero-order chi connectivity index (χ0) is 11.5.